The Morgan fingerprint density at radius 3 is 2.23 bits per heavy atom. The van der Waals surface area contributed by atoms with E-state index in [1.807, 2.05) is 0 Å². The summed E-state index contributed by atoms with van der Waals surface area (Å²) in [5, 5.41) is 17.2. The normalized spacial score (nSPS) is 13.2. The third kappa shape index (κ3) is 11.2. The number of aromatic nitrogens is 1. The first kappa shape index (κ1) is 35.0. The molecule has 44 heavy (non-hydrogen) atoms. The summed E-state index contributed by atoms with van der Waals surface area (Å²) < 4.78 is 26.8. The number of pyridine rings is 1. The summed E-state index contributed by atoms with van der Waals surface area (Å²) in [4.78, 5) is 77.2. The summed E-state index contributed by atoms with van der Waals surface area (Å²) in [6, 6.07) is 6.23. The van der Waals surface area contributed by atoms with Crippen LogP contribution in [0.3, 0.4) is 0 Å². The molecule has 1 aliphatic rings. The van der Waals surface area contributed by atoms with Crippen molar-refractivity contribution in [3.05, 3.63) is 36.0 Å². The molecule has 236 valence electrons. The van der Waals surface area contributed by atoms with Crippen molar-refractivity contribution in [3.8, 4) is 6.57 Å². The van der Waals surface area contributed by atoms with Gasteiger partial charge in [-0.1, -0.05) is 12.1 Å². The van der Waals surface area contributed by atoms with E-state index in [-0.39, 0.29) is 56.8 Å². The van der Waals surface area contributed by atoms with E-state index in [0.29, 0.717) is 23.0 Å². The van der Waals surface area contributed by atoms with Crippen molar-refractivity contribution in [1.29, 1.82) is 5.26 Å². The molecule has 0 bridgehead atoms. The molecule has 16 heteroatoms. The maximum absolute atomic E-state index is 13.4. The Morgan fingerprint density at radius 2 is 1.59 bits per heavy atom. The highest BCUT2D eigenvalue weighted by Gasteiger charge is 2.40. The van der Waals surface area contributed by atoms with Gasteiger partial charge in [0, 0.05) is 69.9 Å². The number of nitriles is 1. The van der Waals surface area contributed by atoms with E-state index in [2.05, 4.69) is 32.8 Å². The molecule has 1 fully saturated rings. The number of likely N-dealkylation sites (tertiary alicyclic amines) is 1. The number of hydrogen-bond donors (Lipinski definition) is 5. The Balaban J connectivity index is 0.00000330. The maximum Gasteiger partial charge on any atom is 0.267 e. The molecule has 1 aromatic carbocycles. The molecule has 0 spiro atoms. The molecule has 2 aromatic rings. The zero-order valence-corrected chi connectivity index (χ0v) is 23.9. The Bertz CT molecular complexity index is 1400. The molecule has 1 aliphatic heterocycles. The van der Waals surface area contributed by atoms with Gasteiger partial charge < -0.3 is 31.9 Å². The van der Waals surface area contributed by atoms with Gasteiger partial charge in [-0.25, -0.2) is 14.0 Å². The number of primary amides is 1. The standard InChI is InChI=1S/C27H33F2N7O6.CHN/c28-27(29)10-14-36(16-27)24(41)15-34-26(42)18-9-11-33-25-17(18)3-1-4-19(25)35-23(40)8-7-22(39)32-13-12-31-21(38)6-2-5-20(30)37;1-2/h1,3-4,9,11H,2,5-8,10,12-16H2,(H2,30,37)(H,31,38)(H,32,39)(H,34,42)(H,35,40);1H. The fraction of sp³-hybridized carbons (Fsp3) is 0.429. The van der Waals surface area contributed by atoms with Crippen LogP contribution in [0.4, 0.5) is 14.5 Å². The number of rotatable bonds is 14. The van der Waals surface area contributed by atoms with Crippen LogP contribution in [-0.2, 0) is 24.0 Å². The molecule has 14 nitrogen and oxygen atoms in total. The first-order valence-corrected chi connectivity index (χ1v) is 13.6. The van der Waals surface area contributed by atoms with Gasteiger partial charge >= 0.3 is 0 Å². The number of anilines is 1. The predicted octanol–water partition coefficient (Wildman–Crippen LogP) is 0.579. The minimum absolute atomic E-state index is 0.0797. The van der Waals surface area contributed by atoms with Crippen molar-refractivity contribution < 1.29 is 37.5 Å². The minimum atomic E-state index is -2.93. The van der Waals surface area contributed by atoms with Crippen LogP contribution in [-0.4, -0.2) is 84.0 Å². The van der Waals surface area contributed by atoms with Crippen molar-refractivity contribution in [2.75, 3.05) is 38.0 Å². The second-order valence-electron chi connectivity index (χ2n) is 9.73. The van der Waals surface area contributed by atoms with Crippen molar-refractivity contribution in [3.63, 3.8) is 0 Å². The molecule has 6 N–H and O–H groups in total. The number of fused-ring (bicyclic) bond motifs is 1. The average molecular weight is 617 g/mol. The van der Waals surface area contributed by atoms with Crippen LogP contribution in [0.1, 0.15) is 48.9 Å². The van der Waals surface area contributed by atoms with E-state index < -0.39 is 55.0 Å². The first-order valence-electron chi connectivity index (χ1n) is 13.6. The number of alkyl halides is 2. The quantitative estimate of drug-likeness (QED) is 0.189. The Morgan fingerprint density at radius 1 is 0.932 bits per heavy atom. The van der Waals surface area contributed by atoms with Gasteiger partial charge in [-0.2, -0.15) is 0 Å². The van der Waals surface area contributed by atoms with E-state index in [9.17, 15) is 37.5 Å². The number of hydrogen-bond acceptors (Lipinski definition) is 8. The lowest BCUT2D eigenvalue weighted by Crippen LogP contribution is -2.40. The van der Waals surface area contributed by atoms with Gasteiger partial charge in [0.15, 0.2) is 0 Å². The third-order valence-electron chi connectivity index (χ3n) is 6.39. The van der Waals surface area contributed by atoms with Crippen LogP contribution in [0, 0.1) is 11.8 Å². The topological polar surface area (TPSA) is 216 Å². The highest BCUT2D eigenvalue weighted by Crippen LogP contribution is 2.27. The second kappa shape index (κ2) is 17.0. The van der Waals surface area contributed by atoms with Crippen LogP contribution in [0.5, 0.6) is 0 Å². The van der Waals surface area contributed by atoms with Crippen LogP contribution >= 0.6 is 0 Å². The lowest BCUT2D eigenvalue weighted by atomic mass is 10.1. The molecule has 2 heterocycles. The summed E-state index contributed by atoms with van der Waals surface area (Å²) in [7, 11) is 0. The number of nitrogens with zero attached hydrogens (tertiary/aromatic N) is 3. The number of benzene rings is 1. The van der Waals surface area contributed by atoms with Crippen LogP contribution in [0.15, 0.2) is 30.5 Å². The molecular formula is C28H34F2N8O6. The molecule has 1 aromatic heterocycles. The average Bonchev–Trinajstić information content (AvgIpc) is 3.37. The molecule has 0 radical (unpaired) electrons. The molecule has 0 saturated carbocycles. The SMILES string of the molecule is C#N.NC(=O)CCCC(=O)NCCNC(=O)CCC(=O)Nc1cccc2c(C(=O)NCC(=O)N3CCC(F)(F)C3)ccnc12. The fourth-order valence-electron chi connectivity index (χ4n) is 4.23. The van der Waals surface area contributed by atoms with E-state index in [4.69, 9.17) is 11.0 Å². The highest BCUT2D eigenvalue weighted by molar-refractivity contribution is 6.10. The number of para-hydroxylation sites is 1. The lowest BCUT2D eigenvalue weighted by Gasteiger charge is -2.16. The van der Waals surface area contributed by atoms with Gasteiger partial charge in [-0.15, -0.1) is 0 Å². The van der Waals surface area contributed by atoms with Gasteiger partial charge in [0.05, 0.1) is 29.9 Å². The summed E-state index contributed by atoms with van der Waals surface area (Å²) in [5.74, 6) is -5.76. The van der Waals surface area contributed by atoms with Crippen molar-refractivity contribution in [2.24, 2.45) is 5.73 Å². The van der Waals surface area contributed by atoms with Gasteiger partial charge in [0.25, 0.3) is 11.8 Å². The lowest BCUT2D eigenvalue weighted by molar-refractivity contribution is -0.130. The Hall–Kier alpha value is -5.20. The fourth-order valence-corrected chi connectivity index (χ4v) is 4.23. The molecule has 3 rings (SSSR count). The Labute approximate surface area is 251 Å². The van der Waals surface area contributed by atoms with Gasteiger partial charge in [-0.05, 0) is 18.6 Å². The second-order valence-corrected chi connectivity index (χ2v) is 9.73. The van der Waals surface area contributed by atoms with Crippen LogP contribution in [0.25, 0.3) is 10.9 Å². The summed E-state index contributed by atoms with van der Waals surface area (Å²) in [6.45, 7) is 2.65. The van der Waals surface area contributed by atoms with E-state index in [1.165, 1.54) is 12.3 Å². The van der Waals surface area contributed by atoms with Crippen LogP contribution < -0.4 is 27.0 Å². The monoisotopic (exact) mass is 616 g/mol. The minimum Gasteiger partial charge on any atom is -0.370 e. The number of nitrogens with two attached hydrogens (primary N) is 1. The van der Waals surface area contributed by atoms with Crippen molar-refractivity contribution in [2.45, 2.75) is 44.4 Å². The predicted molar refractivity (Wildman–Crippen MR) is 154 cm³/mol. The highest BCUT2D eigenvalue weighted by atomic mass is 19.3. The molecule has 1 saturated heterocycles. The number of halogens is 2. The van der Waals surface area contributed by atoms with Gasteiger partial charge in [0.1, 0.15) is 0 Å². The smallest absolute Gasteiger partial charge is 0.267 e. The summed E-state index contributed by atoms with van der Waals surface area (Å²) in [5.41, 5.74) is 5.81. The molecular weight excluding hydrogens is 582 g/mol. The first-order chi connectivity index (χ1) is 20.9. The summed E-state index contributed by atoms with van der Waals surface area (Å²) >= 11 is 0. The maximum atomic E-state index is 13.4. The zero-order chi connectivity index (χ0) is 32.7. The Kier molecular flexibility index (Phi) is 13.6. The van der Waals surface area contributed by atoms with E-state index >= 15 is 0 Å². The molecule has 0 unspecified atom stereocenters. The largest absolute Gasteiger partial charge is 0.370 e. The number of carbonyl (C=O) groups excluding carboxylic acids is 6. The third-order valence-corrected chi connectivity index (χ3v) is 6.39. The summed E-state index contributed by atoms with van der Waals surface area (Å²) in [6.07, 6.45) is 1.30. The molecule has 0 aliphatic carbocycles. The van der Waals surface area contributed by atoms with Gasteiger partial charge in [0.2, 0.25) is 29.5 Å². The zero-order valence-electron chi connectivity index (χ0n) is 23.9. The van der Waals surface area contributed by atoms with Crippen molar-refractivity contribution in [1.82, 2.24) is 25.8 Å². The van der Waals surface area contributed by atoms with E-state index in [1.54, 1.807) is 18.2 Å². The van der Waals surface area contributed by atoms with E-state index in [0.717, 1.165) is 4.90 Å². The number of amides is 6. The molecule has 6 amide bonds. The van der Waals surface area contributed by atoms with Gasteiger partial charge in [-0.3, -0.25) is 33.8 Å². The number of carbonyl (C=O) groups is 6. The molecule has 0 atom stereocenters. The van der Waals surface area contributed by atoms with Crippen LogP contribution in [0.2, 0.25) is 0 Å². The number of nitrogens with one attached hydrogen (secondary N) is 4. The van der Waals surface area contributed by atoms with Crippen molar-refractivity contribution >= 4 is 52.0 Å².